The summed E-state index contributed by atoms with van der Waals surface area (Å²) < 4.78 is 7.56. The van der Waals surface area contributed by atoms with Crippen molar-refractivity contribution in [1.29, 1.82) is 0 Å². The van der Waals surface area contributed by atoms with Crippen molar-refractivity contribution in [2.45, 2.75) is 48.9 Å². The summed E-state index contributed by atoms with van der Waals surface area (Å²) in [5, 5.41) is 2.13. The summed E-state index contributed by atoms with van der Waals surface area (Å²) in [4.78, 5) is 1.28. The first kappa shape index (κ1) is 20.2. The van der Waals surface area contributed by atoms with Crippen LogP contribution in [-0.2, 0) is 0 Å². The Balaban J connectivity index is 1.94. The van der Waals surface area contributed by atoms with Gasteiger partial charge in [0.05, 0.1) is 4.21 Å². The molecule has 1 heterocycles. The van der Waals surface area contributed by atoms with E-state index in [0.717, 1.165) is 5.75 Å². The molecule has 1 aromatic heterocycles. The van der Waals surface area contributed by atoms with Gasteiger partial charge >= 0.3 is 0 Å². The van der Waals surface area contributed by atoms with Gasteiger partial charge in [0, 0.05) is 16.4 Å². The zero-order valence-electron chi connectivity index (χ0n) is 16.7. The van der Waals surface area contributed by atoms with Crippen LogP contribution in [0.25, 0.3) is 0 Å². The fourth-order valence-electron chi connectivity index (χ4n) is 3.34. The van der Waals surface area contributed by atoms with Crippen molar-refractivity contribution in [1.82, 2.24) is 0 Å². The van der Waals surface area contributed by atoms with Crippen molar-refractivity contribution in [2.24, 2.45) is 5.41 Å². The SMILES string of the molecule is C[Si](C)Oc1ccccc1C(c1ccc(Sc2cccs2)cc1)C(C)(C)C. The van der Waals surface area contributed by atoms with Crippen molar-refractivity contribution < 1.29 is 4.43 Å². The Bertz CT molecular complexity index is 849. The molecule has 0 aliphatic heterocycles. The van der Waals surface area contributed by atoms with Gasteiger partial charge in [-0.1, -0.05) is 68.9 Å². The largest absolute Gasteiger partial charge is 0.542 e. The van der Waals surface area contributed by atoms with Gasteiger partial charge in [0.2, 0.25) is 0 Å². The third-order valence-corrected chi connectivity index (χ3v) is 7.01. The first-order valence-electron chi connectivity index (χ1n) is 9.23. The highest BCUT2D eigenvalue weighted by Gasteiger charge is 2.30. The predicted molar refractivity (Wildman–Crippen MR) is 121 cm³/mol. The molecule has 0 spiro atoms. The summed E-state index contributed by atoms with van der Waals surface area (Å²) in [6.45, 7) is 11.3. The fourth-order valence-corrected chi connectivity index (χ4v) is 5.72. The van der Waals surface area contributed by atoms with Gasteiger partial charge in [0.25, 0.3) is 9.04 Å². The first-order valence-corrected chi connectivity index (χ1v) is 13.3. The molecular weight excluding hydrogens is 384 g/mol. The predicted octanol–water partition coefficient (Wildman–Crippen LogP) is 7.71. The lowest BCUT2D eigenvalue weighted by atomic mass is 9.72. The summed E-state index contributed by atoms with van der Waals surface area (Å²) in [6, 6.07) is 21.9. The van der Waals surface area contributed by atoms with Crippen LogP contribution in [0.15, 0.2) is 75.1 Å². The summed E-state index contributed by atoms with van der Waals surface area (Å²) in [7, 11) is -0.806. The first-order chi connectivity index (χ1) is 12.8. The van der Waals surface area contributed by atoms with Crippen molar-refractivity contribution in [2.75, 3.05) is 0 Å². The lowest BCUT2D eigenvalue weighted by Crippen LogP contribution is -2.22. The van der Waals surface area contributed by atoms with Crippen LogP contribution in [0.3, 0.4) is 0 Å². The van der Waals surface area contributed by atoms with E-state index in [-0.39, 0.29) is 11.3 Å². The van der Waals surface area contributed by atoms with Crippen LogP contribution in [-0.4, -0.2) is 9.04 Å². The molecule has 3 rings (SSSR count). The van der Waals surface area contributed by atoms with Crippen LogP contribution >= 0.6 is 23.1 Å². The highest BCUT2D eigenvalue weighted by molar-refractivity contribution is 8.01. The van der Waals surface area contributed by atoms with Gasteiger partial charge < -0.3 is 4.43 Å². The lowest BCUT2D eigenvalue weighted by molar-refractivity contribution is 0.353. The molecule has 1 unspecified atom stereocenters. The second-order valence-electron chi connectivity index (χ2n) is 7.95. The van der Waals surface area contributed by atoms with Crippen molar-refractivity contribution in [3.8, 4) is 5.75 Å². The Morgan fingerprint density at radius 2 is 1.63 bits per heavy atom. The number of thiophene rings is 1. The zero-order chi connectivity index (χ0) is 19.4. The molecule has 0 amide bonds. The van der Waals surface area contributed by atoms with E-state index in [4.69, 9.17) is 4.43 Å². The standard InChI is InChI=1S/C23H27OS2Si/c1-23(2,3)22(19-9-6-7-10-20(19)24-27(4)5)17-12-14-18(15-13-17)26-21-11-8-16-25-21/h6-16,22H,1-5H3. The van der Waals surface area contributed by atoms with E-state index in [0.29, 0.717) is 0 Å². The Morgan fingerprint density at radius 1 is 0.926 bits per heavy atom. The van der Waals surface area contributed by atoms with E-state index in [2.05, 4.69) is 99.9 Å². The minimum absolute atomic E-state index is 0.0935. The molecule has 2 aromatic carbocycles. The van der Waals surface area contributed by atoms with Crippen LogP contribution in [0.2, 0.25) is 13.1 Å². The van der Waals surface area contributed by atoms with Crippen LogP contribution in [0.5, 0.6) is 5.75 Å². The van der Waals surface area contributed by atoms with Crippen LogP contribution in [0.4, 0.5) is 0 Å². The lowest BCUT2D eigenvalue weighted by Gasteiger charge is -2.33. The van der Waals surface area contributed by atoms with Crippen LogP contribution in [0.1, 0.15) is 37.8 Å². The minimum Gasteiger partial charge on any atom is -0.542 e. The van der Waals surface area contributed by atoms with Crippen molar-refractivity contribution >= 4 is 32.1 Å². The number of hydrogen-bond acceptors (Lipinski definition) is 3. The number of para-hydroxylation sites is 1. The molecule has 141 valence electrons. The Morgan fingerprint density at radius 3 is 2.22 bits per heavy atom. The number of rotatable bonds is 6. The van der Waals surface area contributed by atoms with E-state index in [9.17, 15) is 0 Å². The minimum atomic E-state index is -0.806. The van der Waals surface area contributed by atoms with Gasteiger partial charge in [-0.2, -0.15) is 0 Å². The number of benzene rings is 2. The third-order valence-electron chi connectivity index (χ3n) is 4.34. The fraction of sp³-hybridized carbons (Fsp3) is 0.304. The monoisotopic (exact) mass is 411 g/mol. The zero-order valence-corrected chi connectivity index (χ0v) is 19.3. The molecule has 0 N–H and O–H groups in total. The molecular formula is C23H27OS2Si. The molecule has 27 heavy (non-hydrogen) atoms. The van der Waals surface area contributed by atoms with Gasteiger partial charge in [0.15, 0.2) is 0 Å². The molecule has 1 atom stereocenters. The summed E-state index contributed by atoms with van der Waals surface area (Å²) >= 11 is 3.61. The van der Waals surface area contributed by atoms with E-state index >= 15 is 0 Å². The normalized spacial score (nSPS) is 13.0. The van der Waals surface area contributed by atoms with E-state index in [1.165, 1.54) is 20.2 Å². The van der Waals surface area contributed by atoms with Gasteiger partial charge in [-0.3, -0.25) is 0 Å². The highest BCUT2D eigenvalue weighted by Crippen LogP contribution is 2.44. The topological polar surface area (TPSA) is 9.23 Å². The van der Waals surface area contributed by atoms with Crippen molar-refractivity contribution in [3.05, 3.63) is 77.2 Å². The van der Waals surface area contributed by atoms with Gasteiger partial charge in [0.1, 0.15) is 5.75 Å². The van der Waals surface area contributed by atoms with E-state index < -0.39 is 9.04 Å². The molecule has 0 saturated carbocycles. The maximum atomic E-state index is 6.24. The molecule has 1 radical (unpaired) electrons. The molecule has 3 aromatic rings. The average molecular weight is 412 g/mol. The summed E-state index contributed by atoms with van der Waals surface area (Å²) in [5.41, 5.74) is 2.72. The van der Waals surface area contributed by atoms with Gasteiger partial charge in [-0.25, -0.2) is 0 Å². The van der Waals surface area contributed by atoms with E-state index in [1.54, 1.807) is 11.3 Å². The average Bonchev–Trinajstić information content (AvgIpc) is 3.09. The van der Waals surface area contributed by atoms with Gasteiger partial charge in [-0.05, 0) is 53.7 Å². The maximum Gasteiger partial charge on any atom is 0.274 e. The Hall–Kier alpha value is -1.49. The van der Waals surface area contributed by atoms with E-state index in [1.807, 2.05) is 11.8 Å². The molecule has 1 nitrogen and oxygen atoms in total. The molecule has 0 aliphatic rings. The quantitative estimate of drug-likeness (QED) is 0.384. The van der Waals surface area contributed by atoms with Crippen LogP contribution in [0, 0.1) is 5.41 Å². The summed E-state index contributed by atoms with van der Waals surface area (Å²) in [5.74, 6) is 1.32. The third kappa shape index (κ3) is 5.28. The molecule has 0 aliphatic carbocycles. The Labute approximate surface area is 173 Å². The van der Waals surface area contributed by atoms with Gasteiger partial charge in [-0.15, -0.1) is 11.3 Å². The smallest absolute Gasteiger partial charge is 0.274 e. The molecule has 0 saturated heterocycles. The number of hydrogen-bond donors (Lipinski definition) is 0. The highest BCUT2D eigenvalue weighted by atomic mass is 32.2. The molecule has 0 bridgehead atoms. The summed E-state index contributed by atoms with van der Waals surface area (Å²) in [6.07, 6.45) is 0. The molecule has 4 heteroatoms. The van der Waals surface area contributed by atoms with Crippen LogP contribution < -0.4 is 4.43 Å². The maximum absolute atomic E-state index is 6.24. The molecule has 0 fully saturated rings. The van der Waals surface area contributed by atoms with Crippen molar-refractivity contribution in [3.63, 3.8) is 0 Å². The second-order valence-corrected chi connectivity index (χ2v) is 12.3. The Kier molecular flexibility index (Phi) is 6.51. The second kappa shape index (κ2) is 8.68.